The number of halogens is 1. The molecule has 0 bridgehead atoms. The van der Waals surface area contributed by atoms with Crippen LogP contribution in [0.1, 0.15) is 24.2 Å². The van der Waals surface area contributed by atoms with Gasteiger partial charge in [-0.3, -0.25) is 4.79 Å². The zero-order chi connectivity index (χ0) is 15.2. The Morgan fingerprint density at radius 3 is 2.62 bits per heavy atom. The minimum absolute atomic E-state index is 0.149. The van der Waals surface area contributed by atoms with Gasteiger partial charge in [0.1, 0.15) is 11.5 Å². The highest BCUT2D eigenvalue weighted by molar-refractivity contribution is 14.1. The second-order valence-electron chi connectivity index (χ2n) is 4.12. The summed E-state index contributed by atoms with van der Waals surface area (Å²) in [4.78, 5) is 12.2. The smallest absolute Gasteiger partial charge is 0.256 e. The molecule has 1 aromatic heterocycles. The molecule has 21 heavy (non-hydrogen) atoms. The number of nitrogens with one attached hydrogen (secondary N) is 1. The second kappa shape index (κ2) is 7.65. The number of carbonyl (C=O) groups is 1. The molecular formula is C15H16INO3S. The van der Waals surface area contributed by atoms with Crippen LogP contribution in [-0.2, 0) is 0 Å². The Kier molecular flexibility index (Phi) is 5.86. The summed E-state index contributed by atoms with van der Waals surface area (Å²) in [6.07, 6.45) is 0. The SMILES string of the molecule is CCOc1ccc(OCC)c(NC(=O)c2csc(I)c2)c1. The molecule has 1 N–H and O–H groups in total. The van der Waals surface area contributed by atoms with Crippen LogP contribution in [-0.4, -0.2) is 19.1 Å². The van der Waals surface area contributed by atoms with Crippen LogP contribution in [0.5, 0.6) is 11.5 Å². The van der Waals surface area contributed by atoms with E-state index in [1.807, 2.05) is 37.4 Å². The van der Waals surface area contributed by atoms with Gasteiger partial charge < -0.3 is 14.8 Å². The standard InChI is InChI=1S/C15H16INO3S/c1-3-19-11-5-6-13(20-4-2)12(8-11)17-15(18)10-7-14(16)21-9-10/h5-9H,3-4H2,1-2H3,(H,17,18). The molecule has 1 heterocycles. The summed E-state index contributed by atoms with van der Waals surface area (Å²) in [6.45, 7) is 4.93. The predicted molar refractivity (Wildman–Crippen MR) is 93.8 cm³/mol. The van der Waals surface area contributed by atoms with Gasteiger partial charge in [-0.05, 0) is 54.6 Å². The molecule has 0 aliphatic heterocycles. The minimum atomic E-state index is -0.149. The van der Waals surface area contributed by atoms with Gasteiger partial charge in [0.05, 0.1) is 27.3 Å². The lowest BCUT2D eigenvalue weighted by Gasteiger charge is -2.13. The van der Waals surface area contributed by atoms with Crippen LogP contribution in [0.3, 0.4) is 0 Å². The number of benzene rings is 1. The van der Waals surface area contributed by atoms with E-state index in [0.717, 1.165) is 2.88 Å². The number of amides is 1. The maximum atomic E-state index is 12.2. The molecule has 1 aromatic carbocycles. The maximum absolute atomic E-state index is 12.2. The maximum Gasteiger partial charge on any atom is 0.256 e. The second-order valence-corrected chi connectivity index (χ2v) is 6.92. The van der Waals surface area contributed by atoms with Crippen molar-refractivity contribution in [2.75, 3.05) is 18.5 Å². The Bertz CT molecular complexity index is 627. The summed E-state index contributed by atoms with van der Waals surface area (Å²) in [5.41, 5.74) is 1.27. The number of rotatable bonds is 6. The molecule has 2 aromatic rings. The third kappa shape index (κ3) is 4.34. The molecule has 0 saturated heterocycles. The van der Waals surface area contributed by atoms with Crippen molar-refractivity contribution < 1.29 is 14.3 Å². The van der Waals surface area contributed by atoms with Gasteiger partial charge in [-0.2, -0.15) is 0 Å². The Hall–Kier alpha value is -1.28. The van der Waals surface area contributed by atoms with Crippen molar-refractivity contribution in [2.24, 2.45) is 0 Å². The molecule has 0 aliphatic carbocycles. The van der Waals surface area contributed by atoms with Gasteiger partial charge in [-0.25, -0.2) is 0 Å². The molecule has 0 fully saturated rings. The normalized spacial score (nSPS) is 10.2. The predicted octanol–water partition coefficient (Wildman–Crippen LogP) is 4.40. The monoisotopic (exact) mass is 417 g/mol. The van der Waals surface area contributed by atoms with Crippen molar-refractivity contribution in [3.8, 4) is 11.5 Å². The Morgan fingerprint density at radius 1 is 1.24 bits per heavy atom. The third-order valence-electron chi connectivity index (χ3n) is 2.64. The van der Waals surface area contributed by atoms with Crippen LogP contribution < -0.4 is 14.8 Å². The lowest BCUT2D eigenvalue weighted by molar-refractivity contribution is 0.102. The third-order valence-corrected chi connectivity index (χ3v) is 4.43. The quantitative estimate of drug-likeness (QED) is 0.709. The summed E-state index contributed by atoms with van der Waals surface area (Å²) in [5.74, 6) is 1.19. The first-order chi connectivity index (χ1) is 10.1. The van der Waals surface area contributed by atoms with E-state index in [4.69, 9.17) is 9.47 Å². The van der Waals surface area contributed by atoms with Crippen molar-refractivity contribution in [1.82, 2.24) is 0 Å². The van der Waals surface area contributed by atoms with E-state index in [0.29, 0.717) is 36.0 Å². The molecule has 0 atom stereocenters. The number of ether oxygens (including phenoxy) is 2. The molecule has 0 saturated carbocycles. The molecule has 0 spiro atoms. The van der Waals surface area contributed by atoms with E-state index >= 15 is 0 Å². The Labute approximate surface area is 141 Å². The highest BCUT2D eigenvalue weighted by Gasteiger charge is 2.12. The van der Waals surface area contributed by atoms with Gasteiger partial charge in [0.25, 0.3) is 5.91 Å². The lowest BCUT2D eigenvalue weighted by atomic mass is 10.2. The number of hydrogen-bond acceptors (Lipinski definition) is 4. The highest BCUT2D eigenvalue weighted by Crippen LogP contribution is 2.30. The molecular weight excluding hydrogens is 401 g/mol. The van der Waals surface area contributed by atoms with Crippen molar-refractivity contribution >= 4 is 45.5 Å². The van der Waals surface area contributed by atoms with Crippen molar-refractivity contribution in [1.29, 1.82) is 0 Å². The van der Waals surface area contributed by atoms with Crippen molar-refractivity contribution in [2.45, 2.75) is 13.8 Å². The summed E-state index contributed by atoms with van der Waals surface area (Å²) in [6, 6.07) is 7.27. The first kappa shape index (κ1) is 16.1. The van der Waals surface area contributed by atoms with Crippen molar-refractivity contribution in [3.05, 3.63) is 38.1 Å². The van der Waals surface area contributed by atoms with Crippen molar-refractivity contribution in [3.63, 3.8) is 0 Å². The Balaban J connectivity index is 2.23. The molecule has 6 heteroatoms. The molecule has 0 radical (unpaired) electrons. The van der Waals surface area contributed by atoms with E-state index in [2.05, 4.69) is 27.9 Å². The average Bonchev–Trinajstić information content (AvgIpc) is 2.89. The van der Waals surface area contributed by atoms with Gasteiger partial charge in [-0.1, -0.05) is 0 Å². The van der Waals surface area contributed by atoms with E-state index in [1.165, 1.54) is 11.3 Å². The molecule has 2 rings (SSSR count). The molecule has 112 valence electrons. The first-order valence-corrected chi connectivity index (χ1v) is 8.55. The van der Waals surface area contributed by atoms with E-state index < -0.39 is 0 Å². The van der Waals surface area contributed by atoms with E-state index in [1.54, 1.807) is 6.07 Å². The fraction of sp³-hybridized carbons (Fsp3) is 0.267. The fourth-order valence-corrected chi connectivity index (χ4v) is 3.09. The molecule has 0 aliphatic rings. The van der Waals surface area contributed by atoms with Crippen LogP contribution >= 0.6 is 33.9 Å². The average molecular weight is 417 g/mol. The Morgan fingerprint density at radius 2 is 2.00 bits per heavy atom. The molecule has 1 amide bonds. The highest BCUT2D eigenvalue weighted by atomic mass is 127. The zero-order valence-electron chi connectivity index (χ0n) is 11.8. The van der Waals surface area contributed by atoms with Crippen LogP contribution in [0.15, 0.2) is 29.6 Å². The fourth-order valence-electron chi connectivity index (χ4n) is 1.77. The van der Waals surface area contributed by atoms with Gasteiger partial charge in [-0.15, -0.1) is 11.3 Å². The largest absolute Gasteiger partial charge is 0.494 e. The van der Waals surface area contributed by atoms with Crippen LogP contribution in [0.25, 0.3) is 0 Å². The number of thiophene rings is 1. The summed E-state index contributed by atoms with van der Waals surface area (Å²) in [5, 5.41) is 4.72. The van der Waals surface area contributed by atoms with Gasteiger partial charge >= 0.3 is 0 Å². The van der Waals surface area contributed by atoms with Gasteiger partial charge in [0.15, 0.2) is 0 Å². The van der Waals surface area contributed by atoms with Crippen LogP contribution in [0.2, 0.25) is 0 Å². The van der Waals surface area contributed by atoms with E-state index in [-0.39, 0.29) is 5.91 Å². The number of anilines is 1. The molecule has 0 unspecified atom stereocenters. The summed E-state index contributed by atoms with van der Waals surface area (Å²) >= 11 is 3.73. The topological polar surface area (TPSA) is 47.6 Å². The summed E-state index contributed by atoms with van der Waals surface area (Å²) in [7, 11) is 0. The van der Waals surface area contributed by atoms with Gasteiger partial charge in [0.2, 0.25) is 0 Å². The number of hydrogen-bond donors (Lipinski definition) is 1. The zero-order valence-corrected chi connectivity index (χ0v) is 14.8. The van der Waals surface area contributed by atoms with Crippen LogP contribution in [0.4, 0.5) is 5.69 Å². The molecule has 4 nitrogen and oxygen atoms in total. The lowest BCUT2D eigenvalue weighted by Crippen LogP contribution is -2.12. The minimum Gasteiger partial charge on any atom is -0.494 e. The number of carbonyl (C=O) groups excluding carboxylic acids is 1. The van der Waals surface area contributed by atoms with Gasteiger partial charge in [0, 0.05) is 11.4 Å². The van der Waals surface area contributed by atoms with Crippen LogP contribution in [0, 0.1) is 2.88 Å². The first-order valence-electron chi connectivity index (χ1n) is 6.59. The summed E-state index contributed by atoms with van der Waals surface area (Å²) < 4.78 is 12.1. The van der Waals surface area contributed by atoms with E-state index in [9.17, 15) is 4.79 Å².